The molecular weight excluding hydrogens is 298 g/mol. The zero-order chi connectivity index (χ0) is 12.8. The predicted molar refractivity (Wildman–Crippen MR) is 79.7 cm³/mol. The topological polar surface area (TPSA) is 21.1 Å². The van der Waals surface area contributed by atoms with Gasteiger partial charge in [0.25, 0.3) is 0 Å². The Hall–Kier alpha value is -0.0000000000000000555. The van der Waals surface area contributed by atoms with Crippen molar-refractivity contribution in [2.45, 2.75) is 32.6 Å². The van der Waals surface area contributed by atoms with E-state index in [1.807, 2.05) is 11.8 Å². The number of hydrogen-bond acceptors (Lipinski definition) is 3. The van der Waals surface area contributed by atoms with E-state index in [9.17, 15) is 0 Å². The first-order valence-corrected chi connectivity index (χ1v) is 8.01. The van der Waals surface area contributed by atoms with Crippen molar-refractivity contribution < 1.29 is 0 Å². The van der Waals surface area contributed by atoms with Crippen LogP contribution in [-0.2, 0) is 18.7 Å². The summed E-state index contributed by atoms with van der Waals surface area (Å²) >= 11 is 5.65. The third-order valence-corrected chi connectivity index (χ3v) is 4.48. The molecule has 1 aromatic rings. The molecule has 5 heteroatoms. The van der Waals surface area contributed by atoms with Crippen LogP contribution in [0.15, 0.2) is 4.47 Å². The quantitative estimate of drug-likeness (QED) is 0.721. The zero-order valence-electron chi connectivity index (χ0n) is 11.2. The second-order valence-corrected chi connectivity index (χ2v) is 6.13. The van der Waals surface area contributed by atoms with E-state index in [-0.39, 0.29) is 0 Å². The second-order valence-electron chi connectivity index (χ2n) is 4.23. The van der Waals surface area contributed by atoms with Crippen molar-refractivity contribution in [2.75, 3.05) is 26.4 Å². The van der Waals surface area contributed by atoms with Crippen LogP contribution in [0.3, 0.4) is 0 Å². The van der Waals surface area contributed by atoms with Crippen LogP contribution in [-0.4, -0.2) is 41.1 Å². The smallest absolute Gasteiger partial charge is 0.0767 e. The van der Waals surface area contributed by atoms with Crippen LogP contribution >= 0.6 is 27.7 Å². The first-order valence-electron chi connectivity index (χ1n) is 6.06. The van der Waals surface area contributed by atoms with E-state index in [1.54, 1.807) is 0 Å². The van der Waals surface area contributed by atoms with Gasteiger partial charge in [0.05, 0.1) is 15.9 Å². The Morgan fingerprint density at radius 3 is 2.59 bits per heavy atom. The Labute approximate surface area is 117 Å². The number of aromatic nitrogens is 2. The maximum atomic E-state index is 4.61. The molecule has 0 aliphatic rings. The molecule has 1 aromatic heterocycles. The molecule has 0 amide bonds. The molecule has 0 bridgehead atoms. The van der Waals surface area contributed by atoms with Crippen LogP contribution in [0.5, 0.6) is 0 Å². The summed E-state index contributed by atoms with van der Waals surface area (Å²) in [7, 11) is 4.23. The minimum absolute atomic E-state index is 0.947. The van der Waals surface area contributed by atoms with Crippen LogP contribution < -0.4 is 0 Å². The highest BCUT2D eigenvalue weighted by Crippen LogP contribution is 2.25. The molecule has 0 aromatic carbocycles. The van der Waals surface area contributed by atoms with Crippen LogP contribution in [0.2, 0.25) is 0 Å². The van der Waals surface area contributed by atoms with Crippen LogP contribution in [0.25, 0.3) is 0 Å². The molecule has 0 radical (unpaired) electrons. The van der Waals surface area contributed by atoms with Gasteiger partial charge in [-0.25, -0.2) is 0 Å². The highest BCUT2D eigenvalue weighted by atomic mass is 79.9. The fourth-order valence-corrected chi connectivity index (χ4v) is 3.59. The van der Waals surface area contributed by atoms with Gasteiger partial charge in [0.2, 0.25) is 0 Å². The molecule has 3 nitrogen and oxygen atoms in total. The first-order chi connectivity index (χ1) is 8.10. The summed E-state index contributed by atoms with van der Waals surface area (Å²) in [6.45, 7) is 6.37. The SMILES string of the molecule is CCc1nn(CC)c(CSCCN(C)C)c1Br. The van der Waals surface area contributed by atoms with E-state index in [0.717, 1.165) is 31.0 Å². The van der Waals surface area contributed by atoms with Gasteiger partial charge in [0.15, 0.2) is 0 Å². The zero-order valence-corrected chi connectivity index (χ0v) is 13.6. The van der Waals surface area contributed by atoms with Gasteiger partial charge in [-0.2, -0.15) is 16.9 Å². The number of halogens is 1. The minimum Gasteiger partial charge on any atom is -0.309 e. The predicted octanol–water partition coefficient (Wildman–Crippen LogP) is 3.02. The third-order valence-electron chi connectivity index (χ3n) is 2.62. The average molecular weight is 320 g/mol. The van der Waals surface area contributed by atoms with Gasteiger partial charge in [-0.1, -0.05) is 6.92 Å². The standard InChI is InChI=1S/C12H22BrN3S/c1-5-10-12(13)11(16(6-2)14-10)9-17-8-7-15(3)4/h5-9H2,1-4H3. The van der Waals surface area contributed by atoms with Gasteiger partial charge >= 0.3 is 0 Å². The maximum absolute atomic E-state index is 4.61. The molecule has 0 unspecified atom stereocenters. The van der Waals surface area contributed by atoms with Crippen molar-refractivity contribution in [1.82, 2.24) is 14.7 Å². The summed E-state index contributed by atoms with van der Waals surface area (Å²) in [5.41, 5.74) is 2.50. The number of hydrogen-bond donors (Lipinski definition) is 0. The van der Waals surface area contributed by atoms with Crippen LogP contribution in [0.4, 0.5) is 0 Å². The Morgan fingerprint density at radius 1 is 1.35 bits per heavy atom. The van der Waals surface area contributed by atoms with Crippen molar-refractivity contribution >= 4 is 27.7 Å². The fourth-order valence-electron chi connectivity index (χ4n) is 1.57. The molecule has 0 aliphatic carbocycles. The van der Waals surface area contributed by atoms with E-state index in [1.165, 1.54) is 15.9 Å². The van der Waals surface area contributed by atoms with E-state index in [4.69, 9.17) is 0 Å². The Bertz CT molecular complexity index is 350. The Kier molecular flexibility index (Phi) is 6.59. The van der Waals surface area contributed by atoms with Crippen molar-refractivity contribution in [3.8, 4) is 0 Å². The summed E-state index contributed by atoms with van der Waals surface area (Å²) in [6, 6.07) is 0. The van der Waals surface area contributed by atoms with Gasteiger partial charge in [-0.15, -0.1) is 0 Å². The van der Waals surface area contributed by atoms with Crippen LogP contribution in [0, 0.1) is 0 Å². The van der Waals surface area contributed by atoms with Gasteiger partial charge in [0, 0.05) is 24.6 Å². The molecule has 0 spiro atoms. The number of aryl methyl sites for hydroxylation is 2. The highest BCUT2D eigenvalue weighted by molar-refractivity contribution is 9.10. The fraction of sp³-hybridized carbons (Fsp3) is 0.750. The van der Waals surface area contributed by atoms with Gasteiger partial charge in [-0.3, -0.25) is 4.68 Å². The molecule has 0 saturated heterocycles. The van der Waals surface area contributed by atoms with Gasteiger partial charge < -0.3 is 4.90 Å². The Balaban J connectivity index is 2.59. The van der Waals surface area contributed by atoms with E-state index < -0.39 is 0 Å². The lowest BCUT2D eigenvalue weighted by atomic mass is 10.3. The molecule has 17 heavy (non-hydrogen) atoms. The summed E-state index contributed by atoms with van der Waals surface area (Å²) in [6.07, 6.45) is 0.989. The minimum atomic E-state index is 0.947. The third kappa shape index (κ3) is 4.30. The molecule has 98 valence electrons. The molecule has 0 aliphatic heterocycles. The number of thioether (sulfide) groups is 1. The number of rotatable bonds is 7. The van der Waals surface area contributed by atoms with Gasteiger partial charge in [0.1, 0.15) is 0 Å². The molecule has 1 rings (SSSR count). The summed E-state index contributed by atoms with van der Waals surface area (Å²) < 4.78 is 3.32. The van der Waals surface area contributed by atoms with E-state index >= 15 is 0 Å². The second kappa shape index (κ2) is 7.44. The molecule has 0 N–H and O–H groups in total. The van der Waals surface area contributed by atoms with Crippen molar-refractivity contribution in [2.24, 2.45) is 0 Å². The monoisotopic (exact) mass is 319 g/mol. The molecule has 0 atom stereocenters. The maximum Gasteiger partial charge on any atom is 0.0767 e. The molecular formula is C12H22BrN3S. The van der Waals surface area contributed by atoms with E-state index in [2.05, 4.69) is 58.6 Å². The number of nitrogens with zero attached hydrogens (tertiary/aromatic N) is 3. The van der Waals surface area contributed by atoms with E-state index in [0.29, 0.717) is 0 Å². The first kappa shape index (κ1) is 15.1. The lowest BCUT2D eigenvalue weighted by Gasteiger charge is -2.09. The van der Waals surface area contributed by atoms with Crippen molar-refractivity contribution in [3.63, 3.8) is 0 Å². The molecule has 0 saturated carbocycles. The van der Waals surface area contributed by atoms with Gasteiger partial charge in [-0.05, 0) is 43.4 Å². The summed E-state index contributed by atoms with van der Waals surface area (Å²) in [5, 5.41) is 4.61. The van der Waals surface area contributed by atoms with Crippen molar-refractivity contribution in [1.29, 1.82) is 0 Å². The normalized spacial score (nSPS) is 11.4. The Morgan fingerprint density at radius 2 is 2.06 bits per heavy atom. The summed E-state index contributed by atoms with van der Waals surface area (Å²) in [4.78, 5) is 2.22. The molecule has 1 heterocycles. The average Bonchev–Trinajstić information content (AvgIpc) is 2.61. The largest absolute Gasteiger partial charge is 0.309 e. The lowest BCUT2D eigenvalue weighted by Crippen LogP contribution is -2.15. The molecule has 0 fully saturated rings. The van der Waals surface area contributed by atoms with Crippen LogP contribution in [0.1, 0.15) is 25.2 Å². The highest BCUT2D eigenvalue weighted by Gasteiger charge is 2.13. The lowest BCUT2D eigenvalue weighted by molar-refractivity contribution is 0.437. The summed E-state index contributed by atoms with van der Waals surface area (Å²) in [5.74, 6) is 2.20. The van der Waals surface area contributed by atoms with Crippen molar-refractivity contribution in [3.05, 3.63) is 15.9 Å².